The Bertz CT molecular complexity index is 371. The minimum atomic E-state index is -0.199. The van der Waals surface area contributed by atoms with Crippen molar-refractivity contribution in [1.82, 2.24) is 0 Å². The zero-order valence-electron chi connectivity index (χ0n) is 9.20. The van der Waals surface area contributed by atoms with Crippen molar-refractivity contribution < 1.29 is 14.2 Å². The zero-order chi connectivity index (χ0) is 12.3. The average molecular weight is 278 g/mol. The Kier molecular flexibility index (Phi) is 4.45. The van der Waals surface area contributed by atoms with Crippen molar-refractivity contribution in [2.75, 3.05) is 6.61 Å². The SMILES string of the molecule is [O-][n+]1cc(Cl)c(COC2CCCCO2)c(Cl)c1. The monoisotopic (exact) mass is 277 g/mol. The van der Waals surface area contributed by atoms with Crippen LogP contribution in [0.1, 0.15) is 24.8 Å². The van der Waals surface area contributed by atoms with Gasteiger partial charge in [0.15, 0.2) is 18.7 Å². The molecule has 0 aliphatic carbocycles. The van der Waals surface area contributed by atoms with Gasteiger partial charge in [-0.05, 0) is 19.3 Å². The number of pyridine rings is 1. The summed E-state index contributed by atoms with van der Waals surface area (Å²) in [5.74, 6) is 0. The van der Waals surface area contributed by atoms with E-state index in [1.54, 1.807) is 0 Å². The van der Waals surface area contributed by atoms with E-state index in [2.05, 4.69) is 0 Å². The van der Waals surface area contributed by atoms with Crippen LogP contribution in [-0.4, -0.2) is 12.9 Å². The Hall–Kier alpha value is -0.550. The fourth-order valence-electron chi connectivity index (χ4n) is 1.69. The number of aromatic nitrogens is 1. The van der Waals surface area contributed by atoms with Crippen LogP contribution in [0.3, 0.4) is 0 Å². The summed E-state index contributed by atoms with van der Waals surface area (Å²) in [6.45, 7) is 0.977. The van der Waals surface area contributed by atoms with Crippen LogP contribution in [0.15, 0.2) is 12.4 Å². The largest absolute Gasteiger partial charge is 0.619 e. The van der Waals surface area contributed by atoms with Gasteiger partial charge >= 0.3 is 0 Å². The molecule has 1 unspecified atom stereocenters. The molecule has 0 aromatic carbocycles. The van der Waals surface area contributed by atoms with Gasteiger partial charge in [0, 0.05) is 12.2 Å². The summed E-state index contributed by atoms with van der Waals surface area (Å²) in [7, 11) is 0. The number of rotatable bonds is 3. The molecule has 6 heteroatoms. The normalized spacial score (nSPS) is 20.5. The smallest absolute Gasteiger partial charge is 0.199 e. The highest BCUT2D eigenvalue weighted by molar-refractivity contribution is 6.35. The van der Waals surface area contributed by atoms with E-state index in [-0.39, 0.29) is 12.9 Å². The standard InChI is InChI=1S/C11H13Cl2NO3/c12-9-5-14(15)6-10(13)8(9)7-17-11-3-1-2-4-16-11/h5-6,11H,1-4,7H2. The number of hydrogen-bond acceptors (Lipinski definition) is 3. The molecule has 1 aliphatic heterocycles. The lowest BCUT2D eigenvalue weighted by Crippen LogP contribution is -2.26. The molecule has 4 nitrogen and oxygen atoms in total. The molecule has 2 heterocycles. The van der Waals surface area contributed by atoms with Gasteiger partial charge in [-0.2, -0.15) is 4.73 Å². The summed E-state index contributed by atoms with van der Waals surface area (Å²) in [5, 5.41) is 11.7. The molecule has 0 spiro atoms. The van der Waals surface area contributed by atoms with Crippen molar-refractivity contribution in [2.45, 2.75) is 32.2 Å². The molecular formula is C11H13Cl2NO3. The van der Waals surface area contributed by atoms with E-state index >= 15 is 0 Å². The van der Waals surface area contributed by atoms with Gasteiger partial charge in [-0.25, -0.2) is 0 Å². The van der Waals surface area contributed by atoms with Crippen LogP contribution >= 0.6 is 23.2 Å². The fourth-order valence-corrected chi connectivity index (χ4v) is 2.24. The molecule has 1 atom stereocenters. The molecule has 17 heavy (non-hydrogen) atoms. The van der Waals surface area contributed by atoms with Crippen LogP contribution in [0.2, 0.25) is 10.0 Å². The lowest BCUT2D eigenvalue weighted by atomic mass is 10.2. The first-order valence-corrected chi connectivity index (χ1v) is 6.22. The second kappa shape index (κ2) is 5.87. The lowest BCUT2D eigenvalue weighted by molar-refractivity contribution is -0.605. The summed E-state index contributed by atoms with van der Waals surface area (Å²) in [6.07, 6.45) is 5.37. The number of nitrogens with zero attached hydrogens (tertiary/aromatic N) is 1. The maximum absolute atomic E-state index is 11.1. The third-order valence-corrected chi connectivity index (χ3v) is 3.26. The third kappa shape index (κ3) is 3.45. The zero-order valence-corrected chi connectivity index (χ0v) is 10.7. The van der Waals surface area contributed by atoms with E-state index in [0.717, 1.165) is 25.9 Å². The van der Waals surface area contributed by atoms with E-state index in [0.29, 0.717) is 20.3 Å². The molecule has 0 radical (unpaired) electrons. The summed E-state index contributed by atoms with van der Waals surface area (Å²) in [4.78, 5) is 0. The molecular weight excluding hydrogens is 265 g/mol. The first-order valence-electron chi connectivity index (χ1n) is 5.46. The van der Waals surface area contributed by atoms with E-state index in [9.17, 15) is 5.21 Å². The van der Waals surface area contributed by atoms with E-state index in [4.69, 9.17) is 32.7 Å². The van der Waals surface area contributed by atoms with Crippen molar-refractivity contribution >= 4 is 23.2 Å². The van der Waals surface area contributed by atoms with Gasteiger partial charge < -0.3 is 14.7 Å². The molecule has 1 aliphatic rings. The summed E-state index contributed by atoms with van der Waals surface area (Å²) >= 11 is 11.9. The third-order valence-electron chi connectivity index (χ3n) is 2.61. The van der Waals surface area contributed by atoms with E-state index in [1.807, 2.05) is 0 Å². The number of hydrogen-bond donors (Lipinski definition) is 0. The molecule has 94 valence electrons. The van der Waals surface area contributed by atoms with Gasteiger partial charge in [-0.1, -0.05) is 23.2 Å². The molecule has 1 aromatic rings. The Balaban J connectivity index is 1.98. The molecule has 2 rings (SSSR count). The highest BCUT2D eigenvalue weighted by Gasteiger charge is 2.17. The number of halogens is 2. The lowest BCUT2D eigenvalue weighted by Gasteiger charge is -2.22. The molecule has 0 bridgehead atoms. The van der Waals surface area contributed by atoms with Crippen molar-refractivity contribution in [2.24, 2.45) is 0 Å². The first kappa shape index (κ1) is 12.9. The van der Waals surface area contributed by atoms with E-state index in [1.165, 1.54) is 12.4 Å². The van der Waals surface area contributed by atoms with Gasteiger partial charge in [0.2, 0.25) is 0 Å². The Morgan fingerprint density at radius 1 is 1.35 bits per heavy atom. The van der Waals surface area contributed by atoms with Crippen LogP contribution in [-0.2, 0) is 16.1 Å². The number of ether oxygens (including phenoxy) is 2. The fraction of sp³-hybridized carbons (Fsp3) is 0.545. The molecule has 0 saturated carbocycles. The van der Waals surface area contributed by atoms with Crippen LogP contribution in [0.25, 0.3) is 0 Å². The van der Waals surface area contributed by atoms with E-state index < -0.39 is 0 Å². The summed E-state index contributed by atoms with van der Waals surface area (Å²) in [5.41, 5.74) is 0.620. The Labute approximate surface area is 110 Å². The van der Waals surface area contributed by atoms with Gasteiger partial charge in [-0.15, -0.1) is 0 Å². The maximum atomic E-state index is 11.1. The molecule has 1 saturated heterocycles. The molecule has 0 amide bonds. The van der Waals surface area contributed by atoms with Crippen molar-refractivity contribution in [3.63, 3.8) is 0 Å². The molecule has 0 N–H and O–H groups in total. The Morgan fingerprint density at radius 2 is 2.06 bits per heavy atom. The molecule has 1 fully saturated rings. The van der Waals surface area contributed by atoms with Gasteiger partial charge in [0.1, 0.15) is 10.0 Å². The highest BCUT2D eigenvalue weighted by atomic mass is 35.5. The second-order valence-corrected chi connectivity index (χ2v) is 4.71. The first-order chi connectivity index (χ1) is 8.16. The van der Waals surface area contributed by atoms with Gasteiger partial charge in [0.25, 0.3) is 0 Å². The predicted octanol–water partition coefficient (Wildman–Crippen LogP) is 2.67. The van der Waals surface area contributed by atoms with Gasteiger partial charge in [0.05, 0.1) is 6.61 Å². The van der Waals surface area contributed by atoms with Crippen LogP contribution < -0.4 is 4.73 Å². The second-order valence-electron chi connectivity index (χ2n) is 3.90. The predicted molar refractivity (Wildman–Crippen MR) is 63.8 cm³/mol. The molecule has 1 aromatic heterocycles. The summed E-state index contributed by atoms with van der Waals surface area (Å²) in [6, 6.07) is 0. The van der Waals surface area contributed by atoms with Crippen LogP contribution in [0, 0.1) is 5.21 Å². The minimum absolute atomic E-state index is 0.199. The van der Waals surface area contributed by atoms with Crippen molar-refractivity contribution in [1.29, 1.82) is 0 Å². The average Bonchev–Trinajstić information content (AvgIpc) is 2.29. The van der Waals surface area contributed by atoms with Crippen molar-refractivity contribution in [3.8, 4) is 0 Å². The van der Waals surface area contributed by atoms with Crippen LogP contribution in [0.4, 0.5) is 0 Å². The quantitative estimate of drug-likeness (QED) is 0.630. The van der Waals surface area contributed by atoms with Crippen molar-refractivity contribution in [3.05, 3.63) is 33.2 Å². The topological polar surface area (TPSA) is 45.4 Å². The van der Waals surface area contributed by atoms with Crippen LogP contribution in [0.5, 0.6) is 0 Å². The Morgan fingerprint density at radius 3 is 2.65 bits per heavy atom. The highest BCUT2D eigenvalue weighted by Crippen LogP contribution is 2.24. The maximum Gasteiger partial charge on any atom is 0.199 e. The minimum Gasteiger partial charge on any atom is -0.619 e. The summed E-state index contributed by atoms with van der Waals surface area (Å²) < 4.78 is 11.6. The van der Waals surface area contributed by atoms with Gasteiger partial charge in [-0.3, -0.25) is 0 Å².